The van der Waals surface area contributed by atoms with Gasteiger partial charge in [-0.25, -0.2) is 0 Å². The molecule has 1 atom stereocenters. The monoisotopic (exact) mass is 347 g/mol. The molecule has 4 nitrogen and oxygen atoms in total. The molecule has 2 aromatic carbocycles. The summed E-state index contributed by atoms with van der Waals surface area (Å²) >= 11 is 5.91. The Labute approximate surface area is 147 Å². The summed E-state index contributed by atoms with van der Waals surface area (Å²) in [6.45, 7) is 2.02. The molecule has 2 aromatic rings. The van der Waals surface area contributed by atoms with Crippen LogP contribution in [0.4, 0.5) is 0 Å². The van der Waals surface area contributed by atoms with Crippen LogP contribution in [0.25, 0.3) is 0 Å². The number of carbonyl (C=O) groups is 1. The standard InChI is InChI=1S/C19H22ClNO3/c1-13(9-14-5-7-16(20)8-6-14)21(2)19(22)15-10-17(23-3)12-18(11-15)24-4/h5-8,10-13H,9H2,1-4H3. The highest BCUT2D eigenvalue weighted by Crippen LogP contribution is 2.24. The molecule has 0 aromatic heterocycles. The van der Waals surface area contributed by atoms with Gasteiger partial charge < -0.3 is 14.4 Å². The first kappa shape index (κ1) is 18.1. The van der Waals surface area contributed by atoms with Gasteiger partial charge in [0.15, 0.2) is 0 Å². The summed E-state index contributed by atoms with van der Waals surface area (Å²) in [5, 5.41) is 0.708. The van der Waals surface area contributed by atoms with E-state index in [4.69, 9.17) is 21.1 Å². The molecule has 128 valence electrons. The minimum atomic E-state index is -0.0753. The van der Waals surface area contributed by atoms with Gasteiger partial charge in [0.1, 0.15) is 11.5 Å². The molecule has 24 heavy (non-hydrogen) atoms. The van der Waals surface area contributed by atoms with Gasteiger partial charge in [0, 0.05) is 29.7 Å². The molecule has 0 aliphatic heterocycles. The molecule has 0 bridgehead atoms. The summed E-state index contributed by atoms with van der Waals surface area (Å²) in [4.78, 5) is 14.5. The van der Waals surface area contributed by atoms with Crippen molar-refractivity contribution in [2.24, 2.45) is 0 Å². The van der Waals surface area contributed by atoms with E-state index in [0.717, 1.165) is 12.0 Å². The van der Waals surface area contributed by atoms with Crippen molar-refractivity contribution in [2.75, 3.05) is 21.3 Å². The largest absolute Gasteiger partial charge is 0.497 e. The number of carbonyl (C=O) groups excluding carboxylic acids is 1. The van der Waals surface area contributed by atoms with Crippen LogP contribution in [0.2, 0.25) is 5.02 Å². The van der Waals surface area contributed by atoms with Crippen molar-refractivity contribution in [1.82, 2.24) is 4.90 Å². The normalized spacial score (nSPS) is 11.7. The molecular formula is C19H22ClNO3. The fourth-order valence-electron chi connectivity index (χ4n) is 2.43. The Kier molecular flexibility index (Phi) is 6.10. The van der Waals surface area contributed by atoms with Gasteiger partial charge in [-0.1, -0.05) is 23.7 Å². The highest BCUT2D eigenvalue weighted by Gasteiger charge is 2.19. The smallest absolute Gasteiger partial charge is 0.254 e. The first-order valence-electron chi connectivity index (χ1n) is 7.69. The van der Waals surface area contributed by atoms with E-state index >= 15 is 0 Å². The number of methoxy groups -OCH3 is 2. The van der Waals surface area contributed by atoms with Gasteiger partial charge in [-0.15, -0.1) is 0 Å². The third kappa shape index (κ3) is 4.42. The van der Waals surface area contributed by atoms with Crippen molar-refractivity contribution in [1.29, 1.82) is 0 Å². The number of nitrogens with zero attached hydrogens (tertiary/aromatic N) is 1. The maximum Gasteiger partial charge on any atom is 0.254 e. The van der Waals surface area contributed by atoms with Crippen molar-refractivity contribution >= 4 is 17.5 Å². The maximum absolute atomic E-state index is 12.8. The molecule has 1 amide bonds. The molecule has 5 heteroatoms. The minimum Gasteiger partial charge on any atom is -0.497 e. The van der Waals surface area contributed by atoms with Crippen LogP contribution in [0.3, 0.4) is 0 Å². The molecule has 0 radical (unpaired) electrons. The molecule has 0 heterocycles. The van der Waals surface area contributed by atoms with Gasteiger partial charge in [0.05, 0.1) is 14.2 Å². The molecule has 0 fully saturated rings. The Morgan fingerprint density at radius 3 is 2.12 bits per heavy atom. The highest BCUT2D eigenvalue weighted by atomic mass is 35.5. The number of likely N-dealkylation sites (N-methyl/N-ethyl adjacent to an activating group) is 1. The van der Waals surface area contributed by atoms with E-state index in [2.05, 4.69) is 0 Å². The predicted molar refractivity (Wildman–Crippen MR) is 96.3 cm³/mol. The zero-order valence-corrected chi connectivity index (χ0v) is 15.1. The summed E-state index contributed by atoms with van der Waals surface area (Å²) in [5.74, 6) is 1.11. The summed E-state index contributed by atoms with van der Waals surface area (Å²) < 4.78 is 10.5. The quantitative estimate of drug-likeness (QED) is 0.791. The maximum atomic E-state index is 12.8. The fourth-order valence-corrected chi connectivity index (χ4v) is 2.56. The number of rotatable bonds is 6. The van der Waals surface area contributed by atoms with E-state index in [1.165, 1.54) is 0 Å². The van der Waals surface area contributed by atoms with Crippen LogP contribution in [0.5, 0.6) is 11.5 Å². The summed E-state index contributed by atoms with van der Waals surface area (Å²) in [6, 6.07) is 12.9. The molecular weight excluding hydrogens is 326 g/mol. The lowest BCUT2D eigenvalue weighted by Crippen LogP contribution is -2.36. The SMILES string of the molecule is COc1cc(OC)cc(C(=O)N(C)C(C)Cc2ccc(Cl)cc2)c1. The Morgan fingerprint density at radius 1 is 1.08 bits per heavy atom. The molecule has 0 saturated heterocycles. The molecule has 0 N–H and O–H groups in total. The topological polar surface area (TPSA) is 38.8 Å². The van der Waals surface area contributed by atoms with Crippen molar-refractivity contribution in [2.45, 2.75) is 19.4 Å². The van der Waals surface area contributed by atoms with E-state index in [0.29, 0.717) is 22.1 Å². The Bertz CT molecular complexity index is 678. The van der Waals surface area contributed by atoms with Gasteiger partial charge in [0.2, 0.25) is 0 Å². The molecule has 0 aliphatic carbocycles. The second-order valence-corrected chi connectivity index (χ2v) is 6.13. The minimum absolute atomic E-state index is 0.0378. The third-order valence-electron chi connectivity index (χ3n) is 4.02. The van der Waals surface area contributed by atoms with Crippen LogP contribution >= 0.6 is 11.6 Å². The number of benzene rings is 2. The number of hydrogen-bond acceptors (Lipinski definition) is 3. The Morgan fingerprint density at radius 2 is 1.62 bits per heavy atom. The molecule has 0 saturated carbocycles. The number of halogens is 1. The van der Waals surface area contributed by atoms with E-state index < -0.39 is 0 Å². The Hall–Kier alpha value is -2.20. The van der Waals surface area contributed by atoms with E-state index in [9.17, 15) is 4.79 Å². The third-order valence-corrected chi connectivity index (χ3v) is 4.28. The zero-order chi connectivity index (χ0) is 17.7. The van der Waals surface area contributed by atoms with Gasteiger partial charge in [-0.05, 0) is 43.2 Å². The first-order chi connectivity index (χ1) is 11.4. The fraction of sp³-hybridized carbons (Fsp3) is 0.316. The van der Waals surface area contributed by atoms with Crippen LogP contribution in [-0.2, 0) is 6.42 Å². The van der Waals surface area contributed by atoms with Gasteiger partial charge in [0.25, 0.3) is 5.91 Å². The first-order valence-corrected chi connectivity index (χ1v) is 8.07. The summed E-state index contributed by atoms with van der Waals surface area (Å²) in [6.07, 6.45) is 0.751. The lowest BCUT2D eigenvalue weighted by atomic mass is 10.1. The number of hydrogen-bond donors (Lipinski definition) is 0. The van der Waals surface area contributed by atoms with E-state index in [1.807, 2.05) is 31.2 Å². The van der Waals surface area contributed by atoms with Crippen LogP contribution in [0.1, 0.15) is 22.8 Å². The lowest BCUT2D eigenvalue weighted by Gasteiger charge is -2.25. The molecule has 1 unspecified atom stereocenters. The molecule has 2 rings (SSSR count). The van der Waals surface area contributed by atoms with Crippen molar-refractivity contribution in [3.8, 4) is 11.5 Å². The summed E-state index contributed by atoms with van der Waals surface area (Å²) in [7, 11) is 4.93. The van der Waals surface area contributed by atoms with E-state index in [-0.39, 0.29) is 11.9 Å². The van der Waals surface area contributed by atoms with Crippen LogP contribution in [0, 0.1) is 0 Å². The molecule has 0 spiro atoms. The average molecular weight is 348 g/mol. The van der Waals surface area contributed by atoms with Crippen molar-refractivity contribution in [3.63, 3.8) is 0 Å². The van der Waals surface area contributed by atoms with E-state index in [1.54, 1.807) is 44.4 Å². The summed E-state index contributed by atoms with van der Waals surface area (Å²) in [5.41, 5.74) is 1.67. The number of amides is 1. The van der Waals surface area contributed by atoms with Gasteiger partial charge in [-0.2, -0.15) is 0 Å². The Balaban J connectivity index is 2.14. The lowest BCUT2D eigenvalue weighted by molar-refractivity contribution is 0.0742. The predicted octanol–water partition coefficient (Wildman–Crippen LogP) is 4.06. The number of ether oxygens (including phenoxy) is 2. The second kappa shape index (κ2) is 8.06. The van der Waals surface area contributed by atoms with Crippen LogP contribution < -0.4 is 9.47 Å². The zero-order valence-electron chi connectivity index (χ0n) is 14.4. The van der Waals surface area contributed by atoms with Crippen LogP contribution in [-0.4, -0.2) is 38.1 Å². The van der Waals surface area contributed by atoms with Gasteiger partial charge in [-0.3, -0.25) is 4.79 Å². The van der Waals surface area contributed by atoms with Crippen molar-refractivity contribution in [3.05, 3.63) is 58.6 Å². The highest BCUT2D eigenvalue weighted by molar-refractivity contribution is 6.30. The van der Waals surface area contributed by atoms with Crippen LogP contribution in [0.15, 0.2) is 42.5 Å². The average Bonchev–Trinajstić information content (AvgIpc) is 2.61. The second-order valence-electron chi connectivity index (χ2n) is 5.70. The molecule has 0 aliphatic rings. The van der Waals surface area contributed by atoms with Gasteiger partial charge >= 0.3 is 0 Å². The van der Waals surface area contributed by atoms with Crippen molar-refractivity contribution < 1.29 is 14.3 Å².